The van der Waals surface area contributed by atoms with Crippen molar-refractivity contribution in [3.8, 4) is 5.75 Å². The number of ether oxygens (including phenoxy) is 2. The number of nitrogens with two attached hydrogens (primary N) is 1. The van der Waals surface area contributed by atoms with Gasteiger partial charge in [0.1, 0.15) is 11.7 Å². The lowest BCUT2D eigenvalue weighted by Crippen LogP contribution is -2.32. The fourth-order valence-electron chi connectivity index (χ4n) is 3.25. The van der Waals surface area contributed by atoms with Crippen LogP contribution in [0.2, 0.25) is 0 Å². The molecule has 34 heavy (non-hydrogen) atoms. The Labute approximate surface area is 196 Å². The lowest BCUT2D eigenvalue weighted by molar-refractivity contribution is -0.133. The summed E-state index contributed by atoms with van der Waals surface area (Å²) < 4.78 is 40.8. The van der Waals surface area contributed by atoms with Crippen molar-refractivity contribution in [2.24, 2.45) is 5.73 Å². The fraction of sp³-hybridized carbons (Fsp3) is 0.240. The summed E-state index contributed by atoms with van der Waals surface area (Å²) in [5.74, 6) is -2.83. The van der Waals surface area contributed by atoms with E-state index in [0.717, 1.165) is 17.3 Å². The monoisotopic (exact) mass is 468 g/mol. The van der Waals surface area contributed by atoms with E-state index >= 15 is 4.39 Å². The van der Waals surface area contributed by atoms with E-state index in [1.165, 1.54) is 6.07 Å². The van der Waals surface area contributed by atoms with Gasteiger partial charge in [0.2, 0.25) is 0 Å². The molecular weight excluding hydrogens is 442 g/mol. The predicted molar refractivity (Wildman–Crippen MR) is 123 cm³/mol. The van der Waals surface area contributed by atoms with Gasteiger partial charge in [0.25, 0.3) is 5.91 Å². The molecule has 3 aromatic rings. The first-order chi connectivity index (χ1) is 16.4. The minimum atomic E-state index is -1.50. The van der Waals surface area contributed by atoms with E-state index in [2.05, 4.69) is 10.3 Å². The number of carbonyl (C=O) groups excluding carboxylic acids is 1. The predicted octanol–water partition coefficient (Wildman–Crippen LogP) is 3.66. The summed E-state index contributed by atoms with van der Waals surface area (Å²) in [5, 5.41) is 10.1. The largest absolute Gasteiger partial charge is 0.490 e. The van der Waals surface area contributed by atoms with Crippen LogP contribution in [-0.4, -0.2) is 29.9 Å². The molecule has 0 saturated carbocycles. The molecule has 3 rings (SSSR count). The molecule has 0 aliphatic rings. The van der Waals surface area contributed by atoms with E-state index < -0.39 is 29.2 Å². The Balaban J connectivity index is 1.72. The van der Waals surface area contributed by atoms with Crippen LogP contribution < -0.4 is 15.8 Å². The van der Waals surface area contributed by atoms with E-state index in [1.807, 2.05) is 12.1 Å². The number of nitrogens with one attached hydrogen (secondary N) is 2. The second-order valence-corrected chi connectivity index (χ2v) is 7.36. The van der Waals surface area contributed by atoms with Gasteiger partial charge in [0.15, 0.2) is 17.7 Å². The van der Waals surface area contributed by atoms with Crippen molar-refractivity contribution in [2.75, 3.05) is 13.2 Å². The molecule has 9 heteroatoms. The van der Waals surface area contributed by atoms with Gasteiger partial charge in [-0.3, -0.25) is 15.2 Å². The standard InChI is InChI=1S/C25H26F2N4O3/c1-2-33-23(25(32)31-15-16-6-8-17(9-7-16)24(28)29)21-19(26)10-11-20(22(21)27)34-14-12-18-5-3-4-13-30-18/h3-11,13,23H,2,12,14-15H2,1H3,(H3,28,29)(H,31,32)/t23-/m0/s1. The van der Waals surface area contributed by atoms with Crippen molar-refractivity contribution in [2.45, 2.75) is 26.0 Å². The van der Waals surface area contributed by atoms with Crippen molar-refractivity contribution < 1.29 is 23.0 Å². The normalized spacial score (nSPS) is 11.6. The van der Waals surface area contributed by atoms with E-state index in [1.54, 1.807) is 43.5 Å². The second kappa shape index (κ2) is 11.9. The van der Waals surface area contributed by atoms with Gasteiger partial charge >= 0.3 is 0 Å². The molecule has 2 aromatic carbocycles. The van der Waals surface area contributed by atoms with Crippen LogP contribution in [0.1, 0.15) is 35.4 Å². The molecule has 0 spiro atoms. The maximum absolute atomic E-state index is 15.2. The number of aromatic nitrogens is 1. The summed E-state index contributed by atoms with van der Waals surface area (Å²) in [5.41, 5.74) is 6.97. The first kappa shape index (κ1) is 24.8. The number of hydrogen-bond donors (Lipinski definition) is 3. The Morgan fingerprint density at radius 2 is 1.91 bits per heavy atom. The molecule has 0 fully saturated rings. The van der Waals surface area contributed by atoms with Crippen molar-refractivity contribution in [3.05, 3.63) is 94.8 Å². The molecular formula is C25H26F2N4O3. The van der Waals surface area contributed by atoms with E-state index in [9.17, 15) is 9.18 Å². The summed E-state index contributed by atoms with van der Waals surface area (Å²) in [6.45, 7) is 1.92. The molecule has 1 heterocycles. The van der Waals surface area contributed by atoms with Crippen LogP contribution >= 0.6 is 0 Å². The second-order valence-electron chi connectivity index (χ2n) is 7.36. The number of amidine groups is 1. The Morgan fingerprint density at radius 1 is 1.15 bits per heavy atom. The smallest absolute Gasteiger partial charge is 0.254 e. The minimum Gasteiger partial charge on any atom is -0.490 e. The molecule has 0 unspecified atom stereocenters. The first-order valence-corrected chi connectivity index (χ1v) is 10.7. The van der Waals surface area contributed by atoms with Crippen LogP contribution in [0.5, 0.6) is 5.75 Å². The highest BCUT2D eigenvalue weighted by Gasteiger charge is 2.29. The molecule has 0 bridgehead atoms. The van der Waals surface area contributed by atoms with Crippen LogP contribution in [0, 0.1) is 17.0 Å². The quantitative estimate of drug-likeness (QED) is 0.294. The number of nitrogen functional groups attached to an aromatic ring is 1. The highest BCUT2D eigenvalue weighted by Crippen LogP contribution is 2.30. The number of amides is 1. The molecule has 0 aliphatic carbocycles. The zero-order valence-corrected chi connectivity index (χ0v) is 18.7. The maximum atomic E-state index is 15.2. The average molecular weight is 469 g/mol. The highest BCUT2D eigenvalue weighted by atomic mass is 19.1. The van der Waals surface area contributed by atoms with Gasteiger partial charge in [0.05, 0.1) is 12.2 Å². The van der Waals surface area contributed by atoms with Crippen LogP contribution in [0.25, 0.3) is 0 Å². The molecule has 0 radical (unpaired) electrons. The Bertz CT molecular complexity index is 1130. The third-order valence-electron chi connectivity index (χ3n) is 5.00. The molecule has 178 valence electrons. The number of nitrogens with zero attached hydrogens (tertiary/aromatic N) is 1. The fourth-order valence-corrected chi connectivity index (χ4v) is 3.25. The summed E-state index contributed by atoms with van der Waals surface area (Å²) in [6.07, 6.45) is 0.584. The highest BCUT2D eigenvalue weighted by molar-refractivity contribution is 5.94. The van der Waals surface area contributed by atoms with E-state index in [-0.39, 0.29) is 31.3 Å². The van der Waals surface area contributed by atoms with Crippen LogP contribution in [-0.2, 0) is 22.5 Å². The van der Waals surface area contributed by atoms with Gasteiger partial charge in [-0.25, -0.2) is 8.78 Å². The molecule has 1 amide bonds. The molecule has 0 aliphatic heterocycles. The third-order valence-corrected chi connectivity index (χ3v) is 5.00. The van der Waals surface area contributed by atoms with Gasteiger partial charge in [-0.2, -0.15) is 0 Å². The third kappa shape index (κ3) is 6.35. The van der Waals surface area contributed by atoms with Crippen molar-refractivity contribution in [3.63, 3.8) is 0 Å². The summed E-state index contributed by atoms with van der Waals surface area (Å²) in [4.78, 5) is 17.0. The van der Waals surface area contributed by atoms with Crippen LogP contribution in [0.15, 0.2) is 60.8 Å². The summed E-state index contributed by atoms with van der Waals surface area (Å²) in [6, 6.07) is 14.4. The van der Waals surface area contributed by atoms with Gasteiger partial charge in [-0.1, -0.05) is 30.3 Å². The van der Waals surface area contributed by atoms with Gasteiger partial charge in [-0.05, 0) is 36.8 Å². The Kier molecular flexibility index (Phi) is 8.64. The summed E-state index contributed by atoms with van der Waals surface area (Å²) >= 11 is 0. The van der Waals surface area contributed by atoms with Crippen molar-refractivity contribution in [1.29, 1.82) is 5.41 Å². The molecule has 1 atom stereocenters. The van der Waals surface area contributed by atoms with E-state index in [4.69, 9.17) is 20.6 Å². The van der Waals surface area contributed by atoms with E-state index in [0.29, 0.717) is 12.0 Å². The summed E-state index contributed by atoms with van der Waals surface area (Å²) in [7, 11) is 0. The number of carbonyl (C=O) groups is 1. The average Bonchev–Trinajstić information content (AvgIpc) is 2.84. The lowest BCUT2D eigenvalue weighted by Gasteiger charge is -2.20. The number of hydrogen-bond acceptors (Lipinski definition) is 5. The number of pyridine rings is 1. The van der Waals surface area contributed by atoms with Gasteiger partial charge in [-0.15, -0.1) is 0 Å². The zero-order valence-electron chi connectivity index (χ0n) is 18.7. The number of benzene rings is 2. The lowest BCUT2D eigenvalue weighted by atomic mass is 10.1. The van der Waals surface area contributed by atoms with Crippen LogP contribution in [0.3, 0.4) is 0 Å². The van der Waals surface area contributed by atoms with Gasteiger partial charge < -0.3 is 20.5 Å². The SMILES string of the molecule is CCO[C@H](C(=O)NCc1ccc(C(=N)N)cc1)c1c(F)ccc(OCCc2ccccn2)c1F. The molecule has 7 nitrogen and oxygen atoms in total. The van der Waals surface area contributed by atoms with Crippen LogP contribution in [0.4, 0.5) is 8.78 Å². The number of rotatable bonds is 11. The molecule has 4 N–H and O–H groups in total. The Morgan fingerprint density at radius 3 is 2.56 bits per heavy atom. The number of halogens is 2. The molecule has 1 aromatic heterocycles. The van der Waals surface area contributed by atoms with Crippen molar-refractivity contribution in [1.82, 2.24) is 10.3 Å². The minimum absolute atomic E-state index is 0.0645. The first-order valence-electron chi connectivity index (χ1n) is 10.7. The maximum Gasteiger partial charge on any atom is 0.254 e. The molecule has 0 saturated heterocycles. The Hall–Kier alpha value is -3.85. The topological polar surface area (TPSA) is 110 Å². The zero-order chi connectivity index (χ0) is 24.5. The van der Waals surface area contributed by atoms with Crippen molar-refractivity contribution >= 4 is 11.7 Å². The van der Waals surface area contributed by atoms with Gasteiger partial charge in [0, 0.05) is 37.0 Å².